The van der Waals surface area contributed by atoms with Gasteiger partial charge in [-0.25, -0.2) is 4.98 Å². The first-order chi connectivity index (χ1) is 11.5. The number of thiazole rings is 1. The van der Waals surface area contributed by atoms with Crippen molar-refractivity contribution in [2.24, 2.45) is 11.8 Å². The van der Waals surface area contributed by atoms with Gasteiger partial charge in [0.15, 0.2) is 5.13 Å². The lowest BCUT2D eigenvalue weighted by Gasteiger charge is -2.34. The Hall–Kier alpha value is -1.72. The highest BCUT2D eigenvalue weighted by Crippen LogP contribution is 2.25. The SMILES string of the molecule is Cc1ccc(-c2csc(NC(=O)CN3C[C@H](C)C[C@@H](C)C3)n2)cc1. The van der Waals surface area contributed by atoms with Gasteiger partial charge in [-0.15, -0.1) is 11.3 Å². The van der Waals surface area contributed by atoms with Crippen LogP contribution < -0.4 is 5.32 Å². The molecular weight excluding hydrogens is 318 g/mol. The molecule has 1 fully saturated rings. The van der Waals surface area contributed by atoms with Crippen LogP contribution in [0.4, 0.5) is 5.13 Å². The van der Waals surface area contributed by atoms with Crippen LogP contribution in [-0.2, 0) is 4.79 Å². The first-order valence-electron chi connectivity index (χ1n) is 8.54. The smallest absolute Gasteiger partial charge is 0.240 e. The topological polar surface area (TPSA) is 45.2 Å². The number of aryl methyl sites for hydroxylation is 1. The molecule has 1 amide bonds. The Morgan fingerprint density at radius 1 is 1.25 bits per heavy atom. The molecule has 2 heterocycles. The number of aromatic nitrogens is 1. The Balaban J connectivity index is 1.58. The van der Waals surface area contributed by atoms with Crippen LogP contribution in [0.1, 0.15) is 25.8 Å². The molecule has 24 heavy (non-hydrogen) atoms. The van der Waals surface area contributed by atoms with E-state index in [0.29, 0.717) is 23.5 Å². The maximum absolute atomic E-state index is 12.3. The van der Waals surface area contributed by atoms with Crippen molar-refractivity contribution in [1.29, 1.82) is 0 Å². The monoisotopic (exact) mass is 343 g/mol. The van der Waals surface area contributed by atoms with Gasteiger partial charge < -0.3 is 5.32 Å². The van der Waals surface area contributed by atoms with Crippen molar-refractivity contribution in [1.82, 2.24) is 9.88 Å². The van der Waals surface area contributed by atoms with Crippen LogP contribution in [0.25, 0.3) is 11.3 Å². The van der Waals surface area contributed by atoms with Gasteiger partial charge in [-0.1, -0.05) is 43.7 Å². The van der Waals surface area contributed by atoms with Crippen LogP contribution in [-0.4, -0.2) is 35.4 Å². The molecule has 2 atom stereocenters. The highest BCUT2D eigenvalue weighted by molar-refractivity contribution is 7.14. The predicted octanol–water partition coefficient (Wildman–Crippen LogP) is 4.03. The standard InChI is InChI=1S/C19H25N3OS/c1-13-4-6-16(7-5-13)17-12-24-19(20-17)21-18(23)11-22-9-14(2)8-15(3)10-22/h4-7,12,14-15H,8-11H2,1-3H3,(H,20,21,23)/t14-,15-/m1/s1. The highest BCUT2D eigenvalue weighted by atomic mass is 32.1. The third-order valence-corrected chi connectivity index (χ3v) is 5.17. The fraction of sp³-hybridized carbons (Fsp3) is 0.474. The summed E-state index contributed by atoms with van der Waals surface area (Å²) in [7, 11) is 0. The number of rotatable bonds is 4. The summed E-state index contributed by atoms with van der Waals surface area (Å²) in [5, 5.41) is 5.61. The molecule has 0 bridgehead atoms. The van der Waals surface area contributed by atoms with Crippen molar-refractivity contribution < 1.29 is 4.79 Å². The third kappa shape index (κ3) is 4.42. The second-order valence-corrected chi connectivity index (χ2v) is 7.95. The third-order valence-electron chi connectivity index (χ3n) is 4.41. The molecule has 0 saturated carbocycles. The van der Waals surface area contributed by atoms with Gasteiger partial charge in [-0.05, 0) is 25.2 Å². The first-order valence-corrected chi connectivity index (χ1v) is 9.42. The van der Waals surface area contributed by atoms with Crippen molar-refractivity contribution in [2.75, 3.05) is 25.0 Å². The number of amides is 1. The summed E-state index contributed by atoms with van der Waals surface area (Å²) in [5.41, 5.74) is 3.22. The molecule has 0 unspecified atom stereocenters. The minimum atomic E-state index is 0.0288. The van der Waals surface area contributed by atoms with Crippen LogP contribution in [0, 0.1) is 18.8 Å². The number of piperidine rings is 1. The van der Waals surface area contributed by atoms with Crippen molar-refractivity contribution >= 4 is 22.4 Å². The van der Waals surface area contributed by atoms with Crippen molar-refractivity contribution in [3.05, 3.63) is 35.2 Å². The van der Waals surface area contributed by atoms with E-state index >= 15 is 0 Å². The van der Waals surface area contributed by atoms with Crippen LogP contribution in [0.3, 0.4) is 0 Å². The Morgan fingerprint density at radius 3 is 2.58 bits per heavy atom. The lowest BCUT2D eigenvalue weighted by atomic mass is 9.92. The molecule has 3 rings (SSSR count). The summed E-state index contributed by atoms with van der Waals surface area (Å²) in [6.45, 7) is 9.05. The minimum Gasteiger partial charge on any atom is -0.301 e. The van der Waals surface area contributed by atoms with E-state index in [1.807, 2.05) is 5.38 Å². The van der Waals surface area contributed by atoms with E-state index in [-0.39, 0.29) is 5.91 Å². The molecule has 0 aliphatic carbocycles. The lowest BCUT2D eigenvalue weighted by molar-refractivity contribution is -0.117. The van der Waals surface area contributed by atoms with Gasteiger partial charge >= 0.3 is 0 Å². The molecular formula is C19H25N3OS. The number of benzene rings is 1. The normalized spacial score (nSPS) is 21.6. The van der Waals surface area contributed by atoms with Crippen LogP contribution in [0.5, 0.6) is 0 Å². The van der Waals surface area contributed by atoms with Crippen molar-refractivity contribution in [2.45, 2.75) is 27.2 Å². The number of likely N-dealkylation sites (tertiary alicyclic amines) is 1. The predicted molar refractivity (Wildman–Crippen MR) is 100 cm³/mol. The van der Waals surface area contributed by atoms with E-state index in [0.717, 1.165) is 24.3 Å². The number of nitrogens with one attached hydrogen (secondary N) is 1. The molecule has 1 aromatic heterocycles. The number of carbonyl (C=O) groups excluding carboxylic acids is 1. The largest absolute Gasteiger partial charge is 0.301 e. The van der Waals surface area contributed by atoms with Crippen molar-refractivity contribution in [3.63, 3.8) is 0 Å². The van der Waals surface area contributed by atoms with E-state index in [1.54, 1.807) is 0 Å². The van der Waals surface area contributed by atoms with Crippen LogP contribution in [0.15, 0.2) is 29.6 Å². The zero-order valence-corrected chi connectivity index (χ0v) is 15.4. The molecule has 1 aliphatic rings. The maximum Gasteiger partial charge on any atom is 0.240 e. The number of anilines is 1. The van der Waals surface area contributed by atoms with E-state index < -0.39 is 0 Å². The summed E-state index contributed by atoms with van der Waals surface area (Å²) in [4.78, 5) is 19.1. The molecule has 2 aromatic rings. The Labute approximate surface area is 147 Å². The number of carbonyl (C=O) groups is 1. The molecule has 1 saturated heterocycles. The fourth-order valence-corrected chi connectivity index (χ4v) is 4.21. The van der Waals surface area contributed by atoms with Gasteiger partial charge in [-0.2, -0.15) is 0 Å². The van der Waals surface area contributed by atoms with Gasteiger partial charge in [0.1, 0.15) is 0 Å². The van der Waals surface area contributed by atoms with Crippen molar-refractivity contribution in [3.8, 4) is 11.3 Å². The molecule has 128 valence electrons. The van der Waals surface area contributed by atoms with Gasteiger partial charge in [-0.3, -0.25) is 9.69 Å². The molecule has 1 N–H and O–H groups in total. The molecule has 1 aromatic carbocycles. The molecule has 0 radical (unpaired) electrons. The molecule has 0 spiro atoms. The maximum atomic E-state index is 12.3. The average molecular weight is 343 g/mol. The summed E-state index contributed by atoms with van der Waals surface area (Å²) < 4.78 is 0. The van der Waals surface area contributed by atoms with E-state index in [9.17, 15) is 4.79 Å². The molecule has 4 nitrogen and oxygen atoms in total. The number of hydrogen-bond donors (Lipinski definition) is 1. The minimum absolute atomic E-state index is 0.0288. The second-order valence-electron chi connectivity index (χ2n) is 7.09. The summed E-state index contributed by atoms with van der Waals surface area (Å²) in [6, 6.07) is 8.27. The van der Waals surface area contributed by atoms with Crippen LogP contribution in [0.2, 0.25) is 0 Å². The van der Waals surface area contributed by atoms with E-state index in [1.165, 1.54) is 23.3 Å². The zero-order chi connectivity index (χ0) is 17.1. The van der Waals surface area contributed by atoms with Gasteiger partial charge in [0.2, 0.25) is 5.91 Å². The zero-order valence-electron chi connectivity index (χ0n) is 14.6. The van der Waals surface area contributed by atoms with E-state index in [4.69, 9.17) is 0 Å². The Morgan fingerprint density at radius 2 is 1.92 bits per heavy atom. The van der Waals surface area contributed by atoms with E-state index in [2.05, 4.69) is 60.2 Å². The summed E-state index contributed by atoms with van der Waals surface area (Å²) >= 11 is 1.48. The van der Waals surface area contributed by atoms with Gasteiger partial charge in [0.25, 0.3) is 0 Å². The Bertz CT molecular complexity index is 685. The second kappa shape index (κ2) is 7.45. The first kappa shape index (κ1) is 17.1. The lowest BCUT2D eigenvalue weighted by Crippen LogP contribution is -2.42. The Kier molecular flexibility index (Phi) is 5.31. The summed E-state index contributed by atoms with van der Waals surface area (Å²) in [5.74, 6) is 1.35. The van der Waals surface area contributed by atoms with Crippen LogP contribution >= 0.6 is 11.3 Å². The average Bonchev–Trinajstić information content (AvgIpc) is 2.95. The highest BCUT2D eigenvalue weighted by Gasteiger charge is 2.23. The van der Waals surface area contributed by atoms with Gasteiger partial charge in [0.05, 0.1) is 12.2 Å². The quantitative estimate of drug-likeness (QED) is 0.911. The number of hydrogen-bond acceptors (Lipinski definition) is 4. The number of nitrogens with zero attached hydrogens (tertiary/aromatic N) is 2. The molecule has 5 heteroatoms. The summed E-state index contributed by atoms with van der Waals surface area (Å²) in [6.07, 6.45) is 1.25. The van der Waals surface area contributed by atoms with Gasteiger partial charge in [0, 0.05) is 24.0 Å². The fourth-order valence-electron chi connectivity index (χ4n) is 3.47. The molecule has 1 aliphatic heterocycles.